The molecule has 0 saturated carbocycles. The summed E-state index contributed by atoms with van der Waals surface area (Å²) >= 11 is 0. The molecule has 21 heavy (non-hydrogen) atoms. The number of nitrogens with one attached hydrogen (secondary N) is 1. The first kappa shape index (κ1) is 15.2. The van der Waals surface area contributed by atoms with E-state index in [4.69, 9.17) is 5.26 Å². The van der Waals surface area contributed by atoms with Gasteiger partial charge in [0.1, 0.15) is 6.07 Å². The first-order chi connectivity index (χ1) is 10.3. The molecule has 0 radical (unpaired) electrons. The van der Waals surface area contributed by atoms with Crippen LogP contribution in [0.2, 0.25) is 0 Å². The predicted molar refractivity (Wildman–Crippen MR) is 83.2 cm³/mol. The van der Waals surface area contributed by atoms with Crippen molar-refractivity contribution in [2.45, 2.75) is 19.8 Å². The molecule has 0 aliphatic carbocycles. The van der Waals surface area contributed by atoms with E-state index in [-0.39, 0.29) is 6.03 Å². The Hall–Kier alpha value is -2.22. The van der Waals surface area contributed by atoms with E-state index < -0.39 is 0 Å². The van der Waals surface area contributed by atoms with Gasteiger partial charge in [0, 0.05) is 32.7 Å². The van der Waals surface area contributed by atoms with Crippen LogP contribution >= 0.6 is 0 Å². The highest BCUT2D eigenvalue weighted by Crippen LogP contribution is 2.20. The molecule has 0 unspecified atom stereocenters. The molecular weight excluding hydrogens is 264 g/mol. The third kappa shape index (κ3) is 3.88. The van der Waals surface area contributed by atoms with Crippen molar-refractivity contribution in [2.75, 3.05) is 37.6 Å². The van der Waals surface area contributed by atoms with Gasteiger partial charge in [-0.25, -0.2) is 4.79 Å². The van der Waals surface area contributed by atoms with Gasteiger partial charge >= 0.3 is 6.03 Å². The lowest BCUT2D eigenvalue weighted by molar-refractivity contribution is 0.194. The summed E-state index contributed by atoms with van der Waals surface area (Å²) in [4.78, 5) is 16.0. The molecule has 0 bridgehead atoms. The van der Waals surface area contributed by atoms with Gasteiger partial charge < -0.3 is 15.1 Å². The smallest absolute Gasteiger partial charge is 0.317 e. The average molecular weight is 286 g/mol. The largest absolute Gasteiger partial charge is 0.367 e. The van der Waals surface area contributed by atoms with Crippen LogP contribution in [0.4, 0.5) is 10.5 Å². The lowest BCUT2D eigenvalue weighted by atomic mass is 10.1. The molecule has 1 fully saturated rings. The van der Waals surface area contributed by atoms with Gasteiger partial charge in [0.2, 0.25) is 0 Å². The number of rotatable bonds is 4. The van der Waals surface area contributed by atoms with Crippen LogP contribution in [0.3, 0.4) is 0 Å². The number of unbranched alkanes of at least 4 members (excludes halogenated alkanes) is 1. The van der Waals surface area contributed by atoms with Crippen LogP contribution in [0.15, 0.2) is 24.3 Å². The zero-order chi connectivity index (χ0) is 15.1. The van der Waals surface area contributed by atoms with E-state index in [2.05, 4.69) is 23.2 Å². The number of carbonyl (C=O) groups excluding carboxylic acids is 1. The monoisotopic (exact) mass is 286 g/mol. The van der Waals surface area contributed by atoms with Crippen molar-refractivity contribution in [3.05, 3.63) is 29.8 Å². The summed E-state index contributed by atoms with van der Waals surface area (Å²) in [6.45, 7) is 5.76. The van der Waals surface area contributed by atoms with E-state index >= 15 is 0 Å². The summed E-state index contributed by atoms with van der Waals surface area (Å²) in [6, 6.07) is 9.87. The summed E-state index contributed by atoms with van der Waals surface area (Å²) in [7, 11) is 0. The molecule has 5 nitrogen and oxygen atoms in total. The minimum absolute atomic E-state index is 0.0247. The Morgan fingerprint density at radius 3 is 2.67 bits per heavy atom. The van der Waals surface area contributed by atoms with Gasteiger partial charge in [-0.15, -0.1) is 0 Å². The fourth-order valence-corrected chi connectivity index (χ4v) is 2.48. The van der Waals surface area contributed by atoms with Gasteiger partial charge in [-0.1, -0.05) is 25.5 Å². The third-order valence-electron chi connectivity index (χ3n) is 3.74. The van der Waals surface area contributed by atoms with Crippen molar-refractivity contribution >= 4 is 11.7 Å². The Labute approximate surface area is 126 Å². The molecule has 2 amide bonds. The van der Waals surface area contributed by atoms with Gasteiger partial charge in [-0.2, -0.15) is 5.26 Å². The molecular formula is C16H22N4O. The van der Waals surface area contributed by atoms with Crippen molar-refractivity contribution in [1.82, 2.24) is 10.2 Å². The van der Waals surface area contributed by atoms with E-state index in [9.17, 15) is 4.79 Å². The maximum Gasteiger partial charge on any atom is 0.317 e. The predicted octanol–water partition coefficient (Wildman–Crippen LogP) is 2.19. The minimum Gasteiger partial charge on any atom is -0.367 e. The highest BCUT2D eigenvalue weighted by molar-refractivity contribution is 5.74. The standard InChI is InChI=1S/C16H22N4O/c1-2-3-8-18-16(21)20-11-9-19(10-12-20)15-7-5-4-6-14(15)13-17/h4-7H,2-3,8-12H2,1H3,(H,18,21). The molecule has 0 atom stereocenters. The van der Waals surface area contributed by atoms with Crippen LogP contribution in [0.1, 0.15) is 25.3 Å². The van der Waals surface area contributed by atoms with Gasteiger partial charge in [-0.05, 0) is 18.6 Å². The molecule has 112 valence electrons. The minimum atomic E-state index is 0.0247. The number of anilines is 1. The van der Waals surface area contributed by atoms with E-state index in [1.165, 1.54) is 0 Å². The fourth-order valence-electron chi connectivity index (χ4n) is 2.48. The zero-order valence-corrected chi connectivity index (χ0v) is 12.5. The molecule has 0 spiro atoms. The number of nitrogens with zero attached hydrogens (tertiary/aromatic N) is 3. The first-order valence-corrected chi connectivity index (χ1v) is 7.53. The Morgan fingerprint density at radius 1 is 1.29 bits per heavy atom. The van der Waals surface area contributed by atoms with Crippen LogP contribution in [0.25, 0.3) is 0 Å². The second-order valence-electron chi connectivity index (χ2n) is 5.19. The summed E-state index contributed by atoms with van der Waals surface area (Å²) in [6.07, 6.45) is 2.10. The Kier molecular flexibility index (Phi) is 5.44. The molecule has 2 rings (SSSR count). The van der Waals surface area contributed by atoms with Crippen LogP contribution in [0.5, 0.6) is 0 Å². The summed E-state index contributed by atoms with van der Waals surface area (Å²) in [5, 5.41) is 12.1. The number of piperazine rings is 1. The lowest BCUT2D eigenvalue weighted by Gasteiger charge is -2.36. The Balaban J connectivity index is 1.88. The van der Waals surface area contributed by atoms with Gasteiger partial charge in [0.25, 0.3) is 0 Å². The molecule has 0 aromatic heterocycles. The zero-order valence-electron chi connectivity index (χ0n) is 12.5. The SMILES string of the molecule is CCCCNC(=O)N1CCN(c2ccccc2C#N)CC1. The van der Waals surface area contributed by atoms with Crippen molar-refractivity contribution in [2.24, 2.45) is 0 Å². The summed E-state index contributed by atoms with van der Waals surface area (Å²) in [5.41, 5.74) is 1.66. The quantitative estimate of drug-likeness (QED) is 0.863. The number of benzene rings is 1. The Bertz CT molecular complexity index is 515. The van der Waals surface area contributed by atoms with Crippen molar-refractivity contribution in [3.63, 3.8) is 0 Å². The summed E-state index contributed by atoms with van der Waals surface area (Å²) in [5.74, 6) is 0. The van der Waals surface area contributed by atoms with Gasteiger partial charge in [-0.3, -0.25) is 0 Å². The fraction of sp³-hybridized carbons (Fsp3) is 0.500. The Morgan fingerprint density at radius 2 is 2.00 bits per heavy atom. The molecule has 1 aliphatic rings. The van der Waals surface area contributed by atoms with Gasteiger partial charge in [0.15, 0.2) is 0 Å². The number of hydrogen-bond acceptors (Lipinski definition) is 3. The molecule has 1 heterocycles. The normalized spacial score (nSPS) is 14.7. The van der Waals surface area contributed by atoms with Crippen LogP contribution in [0, 0.1) is 11.3 Å². The molecule has 5 heteroatoms. The topological polar surface area (TPSA) is 59.4 Å². The first-order valence-electron chi connectivity index (χ1n) is 7.53. The second kappa shape index (κ2) is 7.53. The van der Waals surface area contributed by atoms with Crippen LogP contribution in [-0.2, 0) is 0 Å². The molecule has 1 saturated heterocycles. The van der Waals surface area contributed by atoms with E-state index in [0.29, 0.717) is 18.7 Å². The number of nitriles is 1. The van der Waals surface area contributed by atoms with E-state index in [1.54, 1.807) is 0 Å². The second-order valence-corrected chi connectivity index (χ2v) is 5.19. The average Bonchev–Trinajstić information content (AvgIpc) is 2.55. The summed E-state index contributed by atoms with van der Waals surface area (Å²) < 4.78 is 0. The molecule has 1 N–H and O–H groups in total. The number of para-hydroxylation sites is 1. The maximum absolute atomic E-state index is 12.0. The number of urea groups is 1. The molecule has 1 aromatic carbocycles. The highest BCUT2D eigenvalue weighted by atomic mass is 16.2. The van der Waals surface area contributed by atoms with Crippen molar-refractivity contribution < 1.29 is 4.79 Å². The van der Waals surface area contributed by atoms with E-state index in [0.717, 1.165) is 38.2 Å². The number of amides is 2. The third-order valence-corrected chi connectivity index (χ3v) is 3.74. The van der Waals surface area contributed by atoms with Crippen molar-refractivity contribution in [1.29, 1.82) is 5.26 Å². The van der Waals surface area contributed by atoms with E-state index in [1.807, 2.05) is 29.2 Å². The van der Waals surface area contributed by atoms with Crippen LogP contribution < -0.4 is 10.2 Å². The van der Waals surface area contributed by atoms with Crippen molar-refractivity contribution in [3.8, 4) is 6.07 Å². The van der Waals surface area contributed by atoms with Crippen LogP contribution in [-0.4, -0.2) is 43.7 Å². The highest BCUT2D eigenvalue weighted by Gasteiger charge is 2.22. The molecule has 1 aliphatic heterocycles. The number of carbonyl (C=O) groups is 1. The maximum atomic E-state index is 12.0. The van der Waals surface area contributed by atoms with Gasteiger partial charge in [0.05, 0.1) is 11.3 Å². The molecule has 1 aromatic rings. The number of hydrogen-bond donors (Lipinski definition) is 1. The lowest BCUT2D eigenvalue weighted by Crippen LogP contribution is -2.52.